The Labute approximate surface area is 133 Å². The van der Waals surface area contributed by atoms with Crippen molar-refractivity contribution >= 4 is 5.65 Å². The van der Waals surface area contributed by atoms with Crippen LogP contribution in [-0.2, 0) is 13.0 Å². The zero-order valence-electron chi connectivity index (χ0n) is 12.8. The van der Waals surface area contributed by atoms with Gasteiger partial charge in [-0.3, -0.25) is 4.40 Å². The highest BCUT2D eigenvalue weighted by Crippen LogP contribution is 2.38. The summed E-state index contributed by atoms with van der Waals surface area (Å²) in [6.07, 6.45) is 3.56. The van der Waals surface area contributed by atoms with Gasteiger partial charge < -0.3 is 9.84 Å². The van der Waals surface area contributed by atoms with Crippen LogP contribution in [0.25, 0.3) is 5.65 Å². The minimum Gasteiger partial charge on any atom is -0.482 e. The lowest BCUT2D eigenvalue weighted by Gasteiger charge is -2.26. The number of rotatable bonds is 2. The van der Waals surface area contributed by atoms with Crippen molar-refractivity contribution in [3.8, 4) is 5.75 Å². The van der Waals surface area contributed by atoms with Gasteiger partial charge in [0.1, 0.15) is 11.9 Å². The average molecular weight is 312 g/mol. The molecule has 0 saturated heterocycles. The zero-order chi connectivity index (χ0) is 16.0. The van der Waals surface area contributed by atoms with E-state index in [0.717, 1.165) is 46.8 Å². The second-order valence-electron chi connectivity index (χ2n) is 5.86. The first-order valence-electron chi connectivity index (χ1n) is 7.70. The predicted molar refractivity (Wildman–Crippen MR) is 83.9 cm³/mol. The van der Waals surface area contributed by atoms with Crippen molar-refractivity contribution in [2.75, 3.05) is 0 Å². The molecular formula is C18H17FN2O2. The van der Waals surface area contributed by atoms with Gasteiger partial charge in [0, 0.05) is 6.20 Å². The Morgan fingerprint density at radius 1 is 1.30 bits per heavy atom. The van der Waals surface area contributed by atoms with Crippen LogP contribution in [0.3, 0.4) is 0 Å². The fraction of sp³-hybridized carbons (Fsp3) is 0.278. The minimum atomic E-state index is -0.246. The third-order valence-electron chi connectivity index (χ3n) is 4.46. The molecule has 0 amide bonds. The highest BCUT2D eigenvalue weighted by atomic mass is 19.1. The average Bonchev–Trinajstić information content (AvgIpc) is 2.90. The zero-order valence-corrected chi connectivity index (χ0v) is 12.8. The van der Waals surface area contributed by atoms with E-state index in [1.54, 1.807) is 12.1 Å². The molecule has 23 heavy (non-hydrogen) atoms. The molecule has 1 atom stereocenters. The predicted octanol–water partition coefficient (Wildman–Crippen LogP) is 3.34. The van der Waals surface area contributed by atoms with Crippen molar-refractivity contribution in [2.24, 2.45) is 0 Å². The molecule has 0 spiro atoms. The molecule has 0 fully saturated rings. The van der Waals surface area contributed by atoms with Crippen LogP contribution in [0.1, 0.15) is 35.0 Å². The smallest absolute Gasteiger partial charge is 0.180 e. The Morgan fingerprint density at radius 2 is 2.09 bits per heavy atom. The Hall–Kier alpha value is -2.40. The molecule has 1 N–H and O–H groups in total. The first-order chi connectivity index (χ1) is 11.2. The summed E-state index contributed by atoms with van der Waals surface area (Å²) in [5.41, 5.74) is 4.38. The standard InChI is InChI=1S/C18H17FN2O2/c1-11-15(10-22)21-9-8-13-4-7-16(23-17(13)18(21)20-11)12-2-5-14(19)6-3-12/h2-3,5-6,8-9,16,22H,4,7,10H2,1H3. The van der Waals surface area contributed by atoms with Crippen LogP contribution in [-0.4, -0.2) is 14.5 Å². The monoisotopic (exact) mass is 312 g/mol. The molecule has 2 aromatic heterocycles. The highest BCUT2D eigenvalue weighted by molar-refractivity contribution is 5.61. The normalized spacial score (nSPS) is 17.1. The van der Waals surface area contributed by atoms with E-state index in [4.69, 9.17) is 4.74 Å². The molecule has 4 rings (SSSR count). The molecule has 0 aliphatic carbocycles. The van der Waals surface area contributed by atoms with Crippen molar-refractivity contribution < 1.29 is 14.2 Å². The van der Waals surface area contributed by atoms with Gasteiger partial charge in [-0.2, -0.15) is 0 Å². The van der Waals surface area contributed by atoms with E-state index in [1.807, 2.05) is 23.6 Å². The summed E-state index contributed by atoms with van der Waals surface area (Å²) in [5.74, 6) is 0.514. The van der Waals surface area contributed by atoms with Gasteiger partial charge >= 0.3 is 0 Å². The van der Waals surface area contributed by atoms with E-state index in [-0.39, 0.29) is 18.5 Å². The summed E-state index contributed by atoms with van der Waals surface area (Å²) >= 11 is 0. The minimum absolute atomic E-state index is 0.0623. The van der Waals surface area contributed by atoms with Gasteiger partial charge in [-0.15, -0.1) is 0 Å². The van der Waals surface area contributed by atoms with Crippen LogP contribution in [0.4, 0.5) is 4.39 Å². The summed E-state index contributed by atoms with van der Waals surface area (Å²) in [6.45, 7) is 1.82. The van der Waals surface area contributed by atoms with Gasteiger partial charge in [-0.25, -0.2) is 9.37 Å². The third kappa shape index (κ3) is 2.28. The molecule has 4 nitrogen and oxygen atoms in total. The van der Waals surface area contributed by atoms with Gasteiger partial charge in [0.05, 0.1) is 18.0 Å². The Morgan fingerprint density at radius 3 is 2.83 bits per heavy atom. The molecule has 3 heterocycles. The molecule has 1 aliphatic heterocycles. The molecule has 3 aromatic rings. The number of aliphatic hydroxyl groups excluding tert-OH is 1. The number of aryl methyl sites for hydroxylation is 2. The molecule has 0 bridgehead atoms. The fourth-order valence-corrected chi connectivity index (χ4v) is 3.20. The maximum Gasteiger partial charge on any atom is 0.180 e. The number of hydrogen-bond donors (Lipinski definition) is 1. The second kappa shape index (κ2) is 5.35. The largest absolute Gasteiger partial charge is 0.482 e. The van der Waals surface area contributed by atoms with Crippen molar-refractivity contribution in [3.05, 3.63) is 64.9 Å². The van der Waals surface area contributed by atoms with E-state index in [9.17, 15) is 9.50 Å². The third-order valence-corrected chi connectivity index (χ3v) is 4.46. The van der Waals surface area contributed by atoms with Gasteiger partial charge in [0.25, 0.3) is 0 Å². The van der Waals surface area contributed by atoms with Crippen LogP contribution in [0.5, 0.6) is 5.75 Å². The summed E-state index contributed by atoms with van der Waals surface area (Å²) in [5, 5.41) is 9.53. The van der Waals surface area contributed by atoms with E-state index in [1.165, 1.54) is 12.1 Å². The number of pyridine rings is 1. The molecule has 1 aliphatic rings. The number of ether oxygens (including phenoxy) is 1. The summed E-state index contributed by atoms with van der Waals surface area (Å²) in [4.78, 5) is 4.56. The molecule has 1 aromatic carbocycles. The molecule has 0 saturated carbocycles. The fourth-order valence-electron chi connectivity index (χ4n) is 3.20. The topological polar surface area (TPSA) is 46.8 Å². The quantitative estimate of drug-likeness (QED) is 0.789. The first kappa shape index (κ1) is 14.2. The summed E-state index contributed by atoms with van der Waals surface area (Å²) in [6, 6.07) is 8.46. The Kier molecular flexibility index (Phi) is 3.31. The number of benzene rings is 1. The first-order valence-corrected chi connectivity index (χ1v) is 7.70. The van der Waals surface area contributed by atoms with Crippen LogP contribution in [0, 0.1) is 12.7 Å². The number of aromatic nitrogens is 2. The van der Waals surface area contributed by atoms with Crippen LogP contribution >= 0.6 is 0 Å². The molecule has 118 valence electrons. The molecular weight excluding hydrogens is 295 g/mol. The lowest BCUT2D eigenvalue weighted by molar-refractivity contribution is 0.178. The summed E-state index contributed by atoms with van der Waals surface area (Å²) in [7, 11) is 0. The van der Waals surface area contributed by atoms with Crippen molar-refractivity contribution in [1.82, 2.24) is 9.38 Å². The summed E-state index contributed by atoms with van der Waals surface area (Å²) < 4.78 is 21.2. The van der Waals surface area contributed by atoms with Crippen molar-refractivity contribution in [3.63, 3.8) is 0 Å². The number of aliphatic hydroxyl groups is 1. The Bertz CT molecular complexity index is 871. The van der Waals surface area contributed by atoms with Crippen molar-refractivity contribution in [1.29, 1.82) is 0 Å². The van der Waals surface area contributed by atoms with E-state index in [2.05, 4.69) is 4.98 Å². The van der Waals surface area contributed by atoms with Gasteiger partial charge in [0.15, 0.2) is 11.4 Å². The lowest BCUT2D eigenvalue weighted by atomic mass is 9.98. The van der Waals surface area contributed by atoms with Crippen molar-refractivity contribution in [2.45, 2.75) is 32.5 Å². The number of nitrogens with zero attached hydrogens (tertiary/aromatic N) is 2. The molecule has 5 heteroatoms. The van der Waals surface area contributed by atoms with Crippen LogP contribution in [0.2, 0.25) is 0 Å². The van der Waals surface area contributed by atoms with Gasteiger partial charge in [-0.05, 0) is 49.1 Å². The van der Waals surface area contributed by atoms with E-state index in [0.29, 0.717) is 0 Å². The SMILES string of the molecule is Cc1nc2c3c(ccn2c1CO)CCC(c1ccc(F)cc1)O3. The Balaban J connectivity index is 1.78. The van der Waals surface area contributed by atoms with E-state index >= 15 is 0 Å². The van der Waals surface area contributed by atoms with E-state index < -0.39 is 0 Å². The number of imidazole rings is 1. The maximum atomic E-state index is 13.1. The maximum absolute atomic E-state index is 13.1. The van der Waals surface area contributed by atoms with Gasteiger partial charge in [-0.1, -0.05) is 12.1 Å². The number of hydrogen-bond acceptors (Lipinski definition) is 3. The molecule has 0 radical (unpaired) electrons. The second-order valence-corrected chi connectivity index (χ2v) is 5.86. The highest BCUT2D eigenvalue weighted by Gasteiger charge is 2.25. The molecule has 1 unspecified atom stereocenters. The lowest BCUT2D eigenvalue weighted by Crippen LogP contribution is -2.16. The number of halogens is 1. The number of fused-ring (bicyclic) bond motifs is 3. The van der Waals surface area contributed by atoms with Gasteiger partial charge in [0.2, 0.25) is 0 Å². The van der Waals surface area contributed by atoms with Crippen LogP contribution in [0.15, 0.2) is 36.5 Å². The van der Waals surface area contributed by atoms with Crippen LogP contribution < -0.4 is 4.74 Å².